The van der Waals surface area contributed by atoms with E-state index in [-0.39, 0.29) is 12.4 Å². The molecule has 0 unspecified atom stereocenters. The number of benzene rings is 1. The minimum absolute atomic E-state index is 0. The first kappa shape index (κ1) is 14.3. The average molecular weight is 311 g/mol. The van der Waals surface area contributed by atoms with Crippen LogP contribution in [0.15, 0.2) is 30.9 Å². The monoisotopic (exact) mass is 309 g/mol. The van der Waals surface area contributed by atoms with Gasteiger partial charge in [-0.2, -0.15) is 5.10 Å². The van der Waals surface area contributed by atoms with Crippen LogP contribution in [0.5, 0.6) is 0 Å². The van der Waals surface area contributed by atoms with Crippen LogP contribution in [-0.2, 0) is 0 Å². The first-order valence-electron chi connectivity index (χ1n) is 4.33. The Morgan fingerprint density at radius 2 is 2.06 bits per heavy atom. The molecule has 0 N–H and O–H groups in total. The lowest BCUT2D eigenvalue weighted by molar-refractivity contribution is 0.936. The van der Waals surface area contributed by atoms with Gasteiger partial charge in [0.2, 0.25) is 0 Å². The van der Waals surface area contributed by atoms with Gasteiger partial charge in [0.25, 0.3) is 0 Å². The number of hydrogen-bond acceptors (Lipinski definition) is 2. The molecule has 1 aromatic carbocycles. The third-order valence-corrected chi connectivity index (χ3v) is 2.72. The Balaban J connectivity index is 0.00000144. The summed E-state index contributed by atoms with van der Waals surface area (Å²) < 4.78 is 1.49. The number of halogens is 4. The minimum Gasteiger partial charge on any atom is -0.227 e. The number of nitrogens with zero attached hydrogens (tertiary/aromatic N) is 3. The maximum Gasteiger partial charge on any atom is 0.138 e. The molecule has 90 valence electrons. The summed E-state index contributed by atoms with van der Waals surface area (Å²) in [4.78, 5) is 3.80. The SMILES string of the molecule is Cl.ClC(=Cn1cncn1)c1ccc(Cl)cc1Cl. The van der Waals surface area contributed by atoms with Gasteiger partial charge in [-0.15, -0.1) is 12.4 Å². The molecule has 2 rings (SSSR count). The van der Waals surface area contributed by atoms with Crippen LogP contribution in [0.1, 0.15) is 5.56 Å². The van der Waals surface area contributed by atoms with E-state index < -0.39 is 0 Å². The maximum absolute atomic E-state index is 6.10. The molecule has 0 radical (unpaired) electrons. The maximum atomic E-state index is 6.10. The fourth-order valence-corrected chi connectivity index (χ4v) is 1.98. The molecule has 7 heteroatoms. The van der Waals surface area contributed by atoms with Gasteiger partial charge in [-0.05, 0) is 12.1 Å². The van der Waals surface area contributed by atoms with Crippen molar-refractivity contribution >= 4 is 58.4 Å². The van der Waals surface area contributed by atoms with Crippen LogP contribution in [0, 0.1) is 0 Å². The van der Waals surface area contributed by atoms with Gasteiger partial charge >= 0.3 is 0 Å². The molecule has 0 aliphatic rings. The minimum atomic E-state index is 0. The van der Waals surface area contributed by atoms with Crippen molar-refractivity contribution in [1.82, 2.24) is 14.8 Å². The van der Waals surface area contributed by atoms with E-state index in [2.05, 4.69) is 10.1 Å². The lowest BCUT2D eigenvalue weighted by atomic mass is 10.2. The highest BCUT2D eigenvalue weighted by Crippen LogP contribution is 2.29. The summed E-state index contributed by atoms with van der Waals surface area (Å²) in [5, 5.41) is 5.43. The summed E-state index contributed by atoms with van der Waals surface area (Å²) in [5.74, 6) is 0. The van der Waals surface area contributed by atoms with E-state index in [4.69, 9.17) is 34.8 Å². The Labute approximate surface area is 119 Å². The molecule has 0 amide bonds. The van der Waals surface area contributed by atoms with Gasteiger partial charge in [-0.3, -0.25) is 0 Å². The molecule has 0 aliphatic carbocycles. The quantitative estimate of drug-likeness (QED) is 0.832. The number of aromatic nitrogens is 3. The van der Waals surface area contributed by atoms with Gasteiger partial charge in [0.05, 0.1) is 10.1 Å². The highest BCUT2D eigenvalue weighted by Gasteiger charge is 2.05. The second-order valence-corrected chi connectivity index (χ2v) is 4.23. The van der Waals surface area contributed by atoms with Crippen LogP contribution < -0.4 is 0 Å². The highest BCUT2D eigenvalue weighted by molar-refractivity contribution is 6.52. The van der Waals surface area contributed by atoms with Crippen molar-refractivity contribution < 1.29 is 0 Å². The Morgan fingerprint density at radius 1 is 1.29 bits per heavy atom. The smallest absolute Gasteiger partial charge is 0.138 e. The molecule has 0 atom stereocenters. The van der Waals surface area contributed by atoms with Gasteiger partial charge in [0.1, 0.15) is 12.7 Å². The second kappa shape index (κ2) is 6.26. The molecule has 17 heavy (non-hydrogen) atoms. The van der Waals surface area contributed by atoms with E-state index in [1.54, 1.807) is 24.4 Å². The largest absolute Gasteiger partial charge is 0.227 e. The molecule has 0 fully saturated rings. The molecule has 0 aliphatic heterocycles. The zero-order chi connectivity index (χ0) is 11.5. The Morgan fingerprint density at radius 3 is 2.65 bits per heavy atom. The standard InChI is InChI=1S/C10H6Cl3N3.ClH/c11-7-1-2-8(9(12)3-7)10(13)4-16-6-14-5-15-16;/h1-6H;1H. The zero-order valence-corrected chi connectivity index (χ0v) is 11.4. The van der Waals surface area contributed by atoms with Crippen molar-refractivity contribution in [2.24, 2.45) is 0 Å². The summed E-state index contributed by atoms with van der Waals surface area (Å²) in [6, 6.07) is 5.11. The molecule has 2 aromatic rings. The molecular weight excluding hydrogens is 304 g/mol. The van der Waals surface area contributed by atoms with Gasteiger partial charge in [-0.1, -0.05) is 40.9 Å². The third-order valence-electron chi connectivity index (χ3n) is 1.87. The first-order valence-corrected chi connectivity index (χ1v) is 5.47. The Hall–Kier alpha value is -0.740. The molecule has 1 heterocycles. The van der Waals surface area contributed by atoms with Crippen LogP contribution in [0.3, 0.4) is 0 Å². The van der Waals surface area contributed by atoms with Crippen molar-refractivity contribution in [3.63, 3.8) is 0 Å². The van der Waals surface area contributed by atoms with E-state index in [1.807, 2.05) is 0 Å². The summed E-state index contributed by atoms with van der Waals surface area (Å²) in [6.45, 7) is 0. The van der Waals surface area contributed by atoms with Gasteiger partial charge in [0, 0.05) is 16.8 Å². The van der Waals surface area contributed by atoms with Gasteiger partial charge in [-0.25, -0.2) is 9.67 Å². The van der Waals surface area contributed by atoms with Crippen LogP contribution in [0.25, 0.3) is 11.2 Å². The molecule has 1 aromatic heterocycles. The molecule has 0 saturated carbocycles. The predicted molar refractivity (Wildman–Crippen MR) is 73.8 cm³/mol. The molecule has 3 nitrogen and oxygen atoms in total. The predicted octanol–water partition coefficient (Wildman–Crippen LogP) is 4.20. The lowest BCUT2D eigenvalue weighted by Gasteiger charge is -2.03. The summed E-state index contributed by atoms with van der Waals surface area (Å²) >= 11 is 17.9. The van der Waals surface area contributed by atoms with Gasteiger partial charge in [0.15, 0.2) is 0 Å². The van der Waals surface area contributed by atoms with Crippen LogP contribution in [0.4, 0.5) is 0 Å². The van der Waals surface area contributed by atoms with Crippen molar-refractivity contribution in [1.29, 1.82) is 0 Å². The first-order chi connectivity index (χ1) is 7.66. The molecule has 0 bridgehead atoms. The molecule has 0 saturated heterocycles. The average Bonchev–Trinajstić information content (AvgIpc) is 2.70. The van der Waals surface area contributed by atoms with Crippen LogP contribution in [-0.4, -0.2) is 14.8 Å². The number of hydrogen-bond donors (Lipinski definition) is 0. The van der Waals surface area contributed by atoms with Crippen LogP contribution >= 0.6 is 47.2 Å². The Bertz CT molecular complexity index is 522. The summed E-state index contributed by atoms with van der Waals surface area (Å²) in [6.07, 6.45) is 4.57. The van der Waals surface area contributed by atoms with E-state index >= 15 is 0 Å². The second-order valence-electron chi connectivity index (χ2n) is 2.98. The topological polar surface area (TPSA) is 30.7 Å². The van der Waals surface area contributed by atoms with E-state index in [9.17, 15) is 0 Å². The van der Waals surface area contributed by atoms with Crippen LogP contribution in [0.2, 0.25) is 10.0 Å². The van der Waals surface area contributed by atoms with Crippen molar-refractivity contribution in [2.75, 3.05) is 0 Å². The van der Waals surface area contributed by atoms with Crippen molar-refractivity contribution in [3.8, 4) is 0 Å². The number of rotatable bonds is 2. The normalized spacial score (nSPS) is 11.1. The fourth-order valence-electron chi connectivity index (χ4n) is 1.15. The van der Waals surface area contributed by atoms with E-state index in [0.717, 1.165) is 0 Å². The highest BCUT2D eigenvalue weighted by atomic mass is 35.5. The molecule has 0 spiro atoms. The molecular formula is C10H7Cl4N3. The zero-order valence-electron chi connectivity index (χ0n) is 8.35. The van der Waals surface area contributed by atoms with E-state index in [1.165, 1.54) is 17.3 Å². The third kappa shape index (κ3) is 3.61. The van der Waals surface area contributed by atoms with Crippen molar-refractivity contribution in [2.45, 2.75) is 0 Å². The Kier molecular flexibility index (Phi) is 5.28. The van der Waals surface area contributed by atoms with Gasteiger partial charge < -0.3 is 0 Å². The lowest BCUT2D eigenvalue weighted by Crippen LogP contribution is -1.88. The summed E-state index contributed by atoms with van der Waals surface area (Å²) in [5.41, 5.74) is 0.697. The fraction of sp³-hybridized carbons (Fsp3) is 0. The summed E-state index contributed by atoms with van der Waals surface area (Å²) in [7, 11) is 0. The van der Waals surface area contributed by atoms with E-state index in [0.29, 0.717) is 20.6 Å². The van der Waals surface area contributed by atoms with Crippen molar-refractivity contribution in [3.05, 3.63) is 46.5 Å².